The second-order valence-electron chi connectivity index (χ2n) is 5.93. The Balaban J connectivity index is 1.95. The minimum atomic E-state index is -0.185. The molecule has 6 heteroatoms. The topological polar surface area (TPSA) is 62.1 Å². The van der Waals surface area contributed by atoms with Crippen LogP contribution in [-0.4, -0.2) is 23.8 Å². The van der Waals surface area contributed by atoms with Crippen molar-refractivity contribution < 1.29 is 14.6 Å². The number of carbonyl (C=O) groups excluding carboxylic acids is 1. The summed E-state index contributed by atoms with van der Waals surface area (Å²) in [7, 11) is 1.48. The fraction of sp³-hybridized carbons (Fsp3) is 0.200. The molecular formula is C20H19BrN2O3. The van der Waals surface area contributed by atoms with E-state index in [9.17, 15) is 9.90 Å². The number of carbonyl (C=O) groups is 1. The molecule has 0 atom stereocenters. The highest BCUT2D eigenvalue weighted by atomic mass is 79.9. The summed E-state index contributed by atoms with van der Waals surface area (Å²) < 4.78 is 5.66. The van der Waals surface area contributed by atoms with Gasteiger partial charge in [0.25, 0.3) is 5.91 Å². The average molecular weight is 415 g/mol. The highest BCUT2D eigenvalue weighted by Gasteiger charge is 2.28. The van der Waals surface area contributed by atoms with E-state index in [-0.39, 0.29) is 11.7 Å². The summed E-state index contributed by atoms with van der Waals surface area (Å²) in [6, 6.07) is 11.2. The molecule has 0 aromatic heterocycles. The Morgan fingerprint density at radius 2 is 1.96 bits per heavy atom. The van der Waals surface area contributed by atoms with Gasteiger partial charge in [0.05, 0.1) is 28.6 Å². The van der Waals surface area contributed by atoms with E-state index in [1.54, 1.807) is 25.1 Å². The van der Waals surface area contributed by atoms with Gasteiger partial charge in [-0.1, -0.05) is 19.1 Å². The second-order valence-corrected chi connectivity index (χ2v) is 6.79. The van der Waals surface area contributed by atoms with E-state index in [1.165, 1.54) is 17.7 Å². The average Bonchev–Trinajstić information content (AvgIpc) is 2.92. The molecule has 0 bridgehead atoms. The summed E-state index contributed by atoms with van der Waals surface area (Å²) >= 11 is 3.29. The first-order valence-electron chi connectivity index (χ1n) is 8.21. The number of hydrazone groups is 1. The number of halogens is 1. The number of hydrogen-bond donors (Lipinski definition) is 1. The van der Waals surface area contributed by atoms with Crippen LogP contribution < -0.4 is 9.75 Å². The summed E-state index contributed by atoms with van der Waals surface area (Å²) in [5.74, 6) is 0.170. The minimum absolute atomic E-state index is 0.0235. The minimum Gasteiger partial charge on any atom is -0.503 e. The van der Waals surface area contributed by atoms with E-state index in [0.717, 1.165) is 17.7 Å². The maximum absolute atomic E-state index is 12.8. The number of amides is 1. The van der Waals surface area contributed by atoms with Gasteiger partial charge in [0.1, 0.15) is 0 Å². The first kappa shape index (κ1) is 18.2. The molecule has 3 rings (SSSR count). The lowest BCUT2D eigenvalue weighted by molar-refractivity contribution is -0.114. The van der Waals surface area contributed by atoms with E-state index in [0.29, 0.717) is 21.5 Å². The monoisotopic (exact) mass is 414 g/mol. The molecule has 1 aliphatic rings. The summed E-state index contributed by atoms with van der Waals surface area (Å²) in [6.45, 7) is 3.89. The zero-order chi connectivity index (χ0) is 18.8. The summed E-state index contributed by atoms with van der Waals surface area (Å²) in [5, 5.41) is 15.7. The van der Waals surface area contributed by atoms with Crippen molar-refractivity contribution in [2.75, 3.05) is 12.1 Å². The highest BCUT2D eigenvalue weighted by molar-refractivity contribution is 9.10. The number of nitrogens with zero attached hydrogens (tertiary/aromatic N) is 2. The molecule has 1 N–H and O–H groups in total. The van der Waals surface area contributed by atoms with Crippen LogP contribution in [0.4, 0.5) is 5.69 Å². The van der Waals surface area contributed by atoms with E-state index < -0.39 is 0 Å². The van der Waals surface area contributed by atoms with Crippen LogP contribution >= 0.6 is 15.9 Å². The highest BCUT2D eigenvalue weighted by Crippen LogP contribution is 2.36. The Kier molecular flexibility index (Phi) is 5.13. The van der Waals surface area contributed by atoms with Crippen molar-refractivity contribution in [1.29, 1.82) is 0 Å². The molecular weight excluding hydrogens is 396 g/mol. The molecule has 0 radical (unpaired) electrons. The first-order valence-corrected chi connectivity index (χ1v) is 9.01. The Morgan fingerprint density at radius 1 is 1.27 bits per heavy atom. The van der Waals surface area contributed by atoms with Crippen LogP contribution in [0.2, 0.25) is 0 Å². The van der Waals surface area contributed by atoms with Crippen molar-refractivity contribution in [3.05, 3.63) is 57.6 Å². The summed E-state index contributed by atoms with van der Waals surface area (Å²) in [5.41, 5.74) is 3.81. The molecule has 0 unspecified atom stereocenters. The first-order chi connectivity index (χ1) is 12.4. The van der Waals surface area contributed by atoms with Crippen LogP contribution in [0, 0.1) is 0 Å². The van der Waals surface area contributed by atoms with Gasteiger partial charge in [-0.2, -0.15) is 10.1 Å². The molecule has 2 aromatic carbocycles. The standard InChI is InChI=1S/C20H19BrN2O3/c1-4-13-5-7-15(8-6-13)23-20(25)16(12(2)22-23)9-14-10-17(21)19(24)18(11-14)26-3/h5-11,24H,4H2,1-3H3/b16-9-. The lowest BCUT2D eigenvalue weighted by atomic mass is 10.1. The molecule has 0 saturated heterocycles. The normalized spacial score (nSPS) is 15.5. The van der Waals surface area contributed by atoms with Gasteiger partial charge in [-0.15, -0.1) is 0 Å². The van der Waals surface area contributed by atoms with Gasteiger partial charge in [0.2, 0.25) is 0 Å². The number of ether oxygens (including phenoxy) is 1. The van der Waals surface area contributed by atoms with Gasteiger partial charge in [0.15, 0.2) is 11.5 Å². The molecule has 0 spiro atoms. The summed E-state index contributed by atoms with van der Waals surface area (Å²) in [4.78, 5) is 12.8. The van der Waals surface area contributed by atoms with E-state index in [4.69, 9.17) is 4.74 Å². The van der Waals surface area contributed by atoms with Gasteiger partial charge < -0.3 is 9.84 Å². The fourth-order valence-corrected chi connectivity index (χ4v) is 3.19. The third-order valence-electron chi connectivity index (χ3n) is 4.23. The molecule has 0 saturated carbocycles. The zero-order valence-corrected chi connectivity index (χ0v) is 16.4. The lowest BCUT2D eigenvalue weighted by Crippen LogP contribution is -2.21. The van der Waals surface area contributed by atoms with Crippen molar-refractivity contribution in [2.45, 2.75) is 20.3 Å². The van der Waals surface area contributed by atoms with Crippen molar-refractivity contribution in [3.63, 3.8) is 0 Å². The number of rotatable bonds is 4. The van der Waals surface area contributed by atoms with Gasteiger partial charge in [-0.25, -0.2) is 0 Å². The maximum Gasteiger partial charge on any atom is 0.280 e. The number of hydrogen-bond acceptors (Lipinski definition) is 4. The number of aryl methyl sites for hydroxylation is 1. The van der Waals surface area contributed by atoms with Crippen LogP contribution in [0.25, 0.3) is 6.08 Å². The third kappa shape index (κ3) is 3.37. The zero-order valence-electron chi connectivity index (χ0n) is 14.8. The van der Waals surface area contributed by atoms with Crippen molar-refractivity contribution >= 4 is 39.3 Å². The van der Waals surface area contributed by atoms with Gasteiger partial charge in [-0.3, -0.25) is 4.79 Å². The number of phenolic OH excluding ortho intramolecular Hbond substituents is 1. The van der Waals surface area contributed by atoms with Crippen LogP contribution in [-0.2, 0) is 11.2 Å². The Morgan fingerprint density at radius 3 is 2.58 bits per heavy atom. The lowest BCUT2D eigenvalue weighted by Gasteiger charge is -2.12. The number of methoxy groups -OCH3 is 1. The molecule has 26 heavy (non-hydrogen) atoms. The Labute approximate surface area is 160 Å². The second kappa shape index (κ2) is 7.33. The number of aromatic hydroxyl groups is 1. The van der Waals surface area contributed by atoms with Gasteiger partial charge in [-0.05, 0) is 70.7 Å². The smallest absolute Gasteiger partial charge is 0.280 e. The van der Waals surface area contributed by atoms with Crippen LogP contribution in [0.1, 0.15) is 25.0 Å². The summed E-state index contributed by atoms with van der Waals surface area (Å²) in [6.07, 6.45) is 2.69. The molecule has 5 nitrogen and oxygen atoms in total. The van der Waals surface area contributed by atoms with Crippen molar-refractivity contribution in [3.8, 4) is 11.5 Å². The quantitative estimate of drug-likeness (QED) is 0.747. The largest absolute Gasteiger partial charge is 0.503 e. The molecule has 1 aliphatic heterocycles. The van der Waals surface area contributed by atoms with Crippen molar-refractivity contribution in [2.24, 2.45) is 5.10 Å². The van der Waals surface area contributed by atoms with Crippen LogP contribution in [0.15, 0.2) is 51.5 Å². The molecule has 2 aromatic rings. The molecule has 0 aliphatic carbocycles. The molecule has 1 heterocycles. The van der Waals surface area contributed by atoms with Gasteiger partial charge >= 0.3 is 0 Å². The fourth-order valence-electron chi connectivity index (χ4n) is 2.73. The third-order valence-corrected chi connectivity index (χ3v) is 4.84. The number of anilines is 1. The van der Waals surface area contributed by atoms with Crippen LogP contribution in [0.5, 0.6) is 11.5 Å². The number of benzene rings is 2. The molecule has 0 fully saturated rings. The van der Waals surface area contributed by atoms with Crippen LogP contribution in [0.3, 0.4) is 0 Å². The molecule has 134 valence electrons. The van der Waals surface area contributed by atoms with Crippen molar-refractivity contribution in [1.82, 2.24) is 0 Å². The van der Waals surface area contributed by atoms with E-state index in [1.807, 2.05) is 24.3 Å². The van der Waals surface area contributed by atoms with E-state index in [2.05, 4.69) is 28.0 Å². The van der Waals surface area contributed by atoms with Gasteiger partial charge in [0, 0.05) is 0 Å². The Bertz CT molecular complexity index is 917. The maximum atomic E-state index is 12.8. The Hall–Kier alpha value is -2.60. The molecule has 1 amide bonds. The number of phenols is 1. The van der Waals surface area contributed by atoms with E-state index >= 15 is 0 Å². The predicted octanol–water partition coefficient (Wildman–Crippen LogP) is 4.53. The SMILES string of the molecule is CCc1ccc(N2N=C(C)/C(=C/c3cc(Br)c(O)c(OC)c3)C2=O)cc1. The predicted molar refractivity (Wildman–Crippen MR) is 107 cm³/mol.